The van der Waals surface area contributed by atoms with Gasteiger partial charge in [0.1, 0.15) is 0 Å². The number of hydrogen-bond acceptors (Lipinski definition) is 3. The van der Waals surface area contributed by atoms with Gasteiger partial charge in [-0.3, -0.25) is 4.79 Å². The number of nitrogens with zero attached hydrogens (tertiary/aromatic N) is 2. The SMILES string of the molecule is CCCCS(=O)(=O)N1CC[C@@]2(C1)C(=O)N(C)c1ccccc12. The van der Waals surface area contributed by atoms with Crippen molar-refractivity contribution in [2.24, 2.45) is 0 Å². The first kappa shape index (κ1) is 15.5. The average Bonchev–Trinajstić information content (AvgIpc) is 3.05. The van der Waals surface area contributed by atoms with Gasteiger partial charge in [-0.05, 0) is 24.5 Å². The predicted octanol–water partition coefficient (Wildman–Crippen LogP) is 1.74. The number of sulfonamides is 1. The maximum atomic E-state index is 12.8. The summed E-state index contributed by atoms with van der Waals surface area (Å²) in [5, 5.41) is 0. The number of amides is 1. The molecule has 1 saturated heterocycles. The van der Waals surface area contributed by atoms with E-state index < -0.39 is 15.4 Å². The minimum absolute atomic E-state index is 0.0156. The third-order valence-electron chi connectivity index (χ3n) is 4.88. The molecule has 22 heavy (non-hydrogen) atoms. The molecule has 0 aromatic heterocycles. The maximum Gasteiger partial charge on any atom is 0.238 e. The molecule has 0 unspecified atom stereocenters. The van der Waals surface area contributed by atoms with E-state index >= 15 is 0 Å². The summed E-state index contributed by atoms with van der Waals surface area (Å²) in [6.07, 6.45) is 2.08. The Morgan fingerprint density at radius 2 is 2.00 bits per heavy atom. The van der Waals surface area contributed by atoms with E-state index in [1.807, 2.05) is 31.2 Å². The van der Waals surface area contributed by atoms with E-state index in [9.17, 15) is 13.2 Å². The second kappa shape index (κ2) is 5.35. The third kappa shape index (κ3) is 2.16. The highest BCUT2D eigenvalue weighted by Crippen LogP contribution is 2.47. The Balaban J connectivity index is 1.93. The van der Waals surface area contributed by atoms with E-state index in [1.165, 1.54) is 4.31 Å². The molecule has 2 aliphatic heterocycles. The zero-order chi connectivity index (χ0) is 16.0. The summed E-state index contributed by atoms with van der Waals surface area (Å²) in [7, 11) is -1.50. The van der Waals surface area contributed by atoms with E-state index in [-0.39, 0.29) is 18.2 Å². The van der Waals surface area contributed by atoms with Crippen molar-refractivity contribution in [3.05, 3.63) is 29.8 Å². The lowest BCUT2D eigenvalue weighted by molar-refractivity contribution is -0.122. The van der Waals surface area contributed by atoms with Crippen LogP contribution in [0.25, 0.3) is 0 Å². The smallest absolute Gasteiger partial charge is 0.238 e. The number of anilines is 1. The Bertz CT molecular complexity index is 701. The first-order valence-electron chi connectivity index (χ1n) is 7.78. The first-order chi connectivity index (χ1) is 10.4. The Morgan fingerprint density at radius 1 is 1.27 bits per heavy atom. The van der Waals surface area contributed by atoms with Crippen LogP contribution in [0, 0.1) is 0 Å². The molecule has 1 fully saturated rings. The molecule has 0 saturated carbocycles. The number of fused-ring (bicyclic) bond motifs is 2. The van der Waals surface area contributed by atoms with Crippen LogP contribution < -0.4 is 4.90 Å². The molecule has 0 N–H and O–H groups in total. The normalized spacial score (nSPS) is 25.2. The van der Waals surface area contributed by atoms with E-state index in [1.54, 1.807) is 11.9 Å². The number of para-hydroxylation sites is 1. The average molecular weight is 322 g/mol. The first-order valence-corrected chi connectivity index (χ1v) is 9.39. The molecule has 5 nitrogen and oxygen atoms in total. The molecule has 120 valence electrons. The Labute approximate surface area is 132 Å². The highest BCUT2D eigenvalue weighted by molar-refractivity contribution is 7.89. The molecular formula is C16H22N2O3S. The number of carbonyl (C=O) groups is 1. The standard InChI is InChI=1S/C16H22N2O3S/c1-3-4-11-22(20,21)18-10-9-16(12-18)13-7-5-6-8-14(13)17(2)15(16)19/h5-8H,3-4,9-12H2,1-2H3/t16-/m0/s1. The van der Waals surface area contributed by atoms with Crippen LogP contribution in [0.4, 0.5) is 5.69 Å². The van der Waals surface area contributed by atoms with E-state index in [2.05, 4.69) is 0 Å². The molecule has 1 aromatic rings. The van der Waals surface area contributed by atoms with Crippen LogP contribution in [-0.2, 0) is 20.2 Å². The summed E-state index contributed by atoms with van der Waals surface area (Å²) in [4.78, 5) is 14.4. The number of hydrogen-bond donors (Lipinski definition) is 0. The van der Waals surface area contributed by atoms with Gasteiger partial charge in [0.15, 0.2) is 0 Å². The van der Waals surface area contributed by atoms with Crippen LogP contribution in [-0.4, -0.2) is 44.5 Å². The topological polar surface area (TPSA) is 57.7 Å². The largest absolute Gasteiger partial charge is 0.314 e. The summed E-state index contributed by atoms with van der Waals surface area (Å²) in [6, 6.07) is 7.71. The van der Waals surface area contributed by atoms with Crippen LogP contribution >= 0.6 is 0 Å². The molecule has 0 radical (unpaired) electrons. The van der Waals surface area contributed by atoms with Crippen LogP contribution in [0.3, 0.4) is 0 Å². The predicted molar refractivity (Wildman–Crippen MR) is 86.4 cm³/mol. The molecular weight excluding hydrogens is 300 g/mol. The van der Waals surface area contributed by atoms with Crippen molar-refractivity contribution in [3.8, 4) is 0 Å². The van der Waals surface area contributed by atoms with E-state index in [0.29, 0.717) is 19.4 Å². The van der Waals surface area contributed by atoms with Gasteiger partial charge >= 0.3 is 0 Å². The molecule has 0 aliphatic carbocycles. The van der Waals surface area contributed by atoms with Gasteiger partial charge in [0.2, 0.25) is 15.9 Å². The summed E-state index contributed by atoms with van der Waals surface area (Å²) in [6.45, 7) is 2.69. The van der Waals surface area contributed by atoms with Crippen LogP contribution in [0.5, 0.6) is 0 Å². The van der Waals surface area contributed by atoms with Gasteiger partial charge in [-0.1, -0.05) is 31.5 Å². The molecule has 2 heterocycles. The van der Waals surface area contributed by atoms with Crippen molar-refractivity contribution in [1.29, 1.82) is 0 Å². The number of rotatable bonds is 4. The quantitative estimate of drug-likeness (QED) is 0.848. The minimum Gasteiger partial charge on any atom is -0.314 e. The van der Waals surface area contributed by atoms with Gasteiger partial charge in [-0.15, -0.1) is 0 Å². The molecule has 1 amide bonds. The van der Waals surface area contributed by atoms with Crippen molar-refractivity contribution >= 4 is 21.6 Å². The van der Waals surface area contributed by atoms with Crippen molar-refractivity contribution in [3.63, 3.8) is 0 Å². The molecule has 3 rings (SSSR count). The fraction of sp³-hybridized carbons (Fsp3) is 0.562. The summed E-state index contributed by atoms with van der Waals surface area (Å²) < 4.78 is 26.4. The van der Waals surface area contributed by atoms with E-state index in [4.69, 9.17) is 0 Å². The highest BCUT2D eigenvalue weighted by atomic mass is 32.2. The maximum absolute atomic E-state index is 12.8. The lowest BCUT2D eigenvalue weighted by atomic mass is 9.81. The zero-order valence-electron chi connectivity index (χ0n) is 13.1. The van der Waals surface area contributed by atoms with Gasteiger partial charge in [0.05, 0.1) is 11.2 Å². The summed E-state index contributed by atoms with van der Waals surface area (Å²) >= 11 is 0. The Hall–Kier alpha value is -1.40. The van der Waals surface area contributed by atoms with E-state index in [0.717, 1.165) is 17.7 Å². The third-order valence-corrected chi connectivity index (χ3v) is 6.78. The summed E-state index contributed by atoms with van der Waals surface area (Å²) in [5.41, 5.74) is 1.18. The lowest BCUT2D eigenvalue weighted by Gasteiger charge is -2.23. The van der Waals surface area contributed by atoms with Crippen molar-refractivity contribution in [1.82, 2.24) is 4.31 Å². The van der Waals surface area contributed by atoms with Gasteiger partial charge < -0.3 is 4.90 Å². The Kier molecular flexibility index (Phi) is 3.77. The minimum atomic E-state index is -3.27. The number of likely N-dealkylation sites (N-methyl/N-ethyl adjacent to an activating group) is 1. The van der Waals surface area contributed by atoms with Crippen molar-refractivity contribution < 1.29 is 13.2 Å². The fourth-order valence-electron chi connectivity index (χ4n) is 3.58. The second-order valence-corrected chi connectivity index (χ2v) is 8.31. The molecule has 6 heteroatoms. The zero-order valence-corrected chi connectivity index (χ0v) is 13.9. The number of benzene rings is 1. The van der Waals surface area contributed by atoms with Crippen LogP contribution in [0.15, 0.2) is 24.3 Å². The van der Waals surface area contributed by atoms with Gasteiger partial charge in [0.25, 0.3) is 0 Å². The van der Waals surface area contributed by atoms with Gasteiger partial charge in [-0.25, -0.2) is 12.7 Å². The molecule has 2 aliphatic rings. The summed E-state index contributed by atoms with van der Waals surface area (Å²) in [5.74, 6) is 0.188. The number of unbranched alkanes of at least 4 members (excludes halogenated alkanes) is 1. The monoisotopic (exact) mass is 322 g/mol. The highest BCUT2D eigenvalue weighted by Gasteiger charge is 2.55. The number of carbonyl (C=O) groups excluding carboxylic acids is 1. The Morgan fingerprint density at radius 3 is 2.73 bits per heavy atom. The molecule has 1 atom stereocenters. The fourth-order valence-corrected chi connectivity index (χ4v) is 5.28. The molecule has 1 spiro atoms. The van der Waals surface area contributed by atoms with Gasteiger partial charge in [0, 0.05) is 25.8 Å². The van der Waals surface area contributed by atoms with Crippen molar-refractivity contribution in [2.75, 3.05) is 30.8 Å². The van der Waals surface area contributed by atoms with Crippen molar-refractivity contribution in [2.45, 2.75) is 31.6 Å². The van der Waals surface area contributed by atoms with Gasteiger partial charge in [-0.2, -0.15) is 0 Å². The molecule has 1 aromatic carbocycles. The lowest BCUT2D eigenvalue weighted by Crippen LogP contribution is -2.42. The molecule has 0 bridgehead atoms. The van der Waals surface area contributed by atoms with Crippen LogP contribution in [0.1, 0.15) is 31.7 Å². The van der Waals surface area contributed by atoms with Crippen LogP contribution in [0.2, 0.25) is 0 Å². The second-order valence-electron chi connectivity index (χ2n) is 6.22.